The minimum absolute atomic E-state index is 0.0860. The Bertz CT molecular complexity index is 349. The topological polar surface area (TPSA) is 83.6 Å². The van der Waals surface area contributed by atoms with Crippen LogP contribution in [0.3, 0.4) is 0 Å². The Balaban J connectivity index is 3.28. The number of hydrogen-bond acceptors (Lipinski definition) is 2. The molecule has 0 aromatic heterocycles. The number of anilines is 1. The van der Waals surface area contributed by atoms with E-state index in [2.05, 4.69) is 0 Å². The molecular weight excluding hydrogens is 336 g/mol. The third-order valence-corrected chi connectivity index (χ3v) is 5.24. The van der Waals surface area contributed by atoms with Crippen LogP contribution >= 0.6 is 22.6 Å². The first-order valence-electron chi connectivity index (χ1n) is 3.02. The summed E-state index contributed by atoms with van der Waals surface area (Å²) >= 11 is -2.89. The van der Waals surface area contributed by atoms with Crippen LogP contribution in [0.15, 0.2) is 18.2 Å². The Labute approximate surface area is 85.9 Å². The van der Waals surface area contributed by atoms with E-state index in [0.29, 0.717) is 9.26 Å². The Hall–Kier alpha value is 0.0284. The van der Waals surface area contributed by atoms with Gasteiger partial charge in [-0.3, -0.25) is 0 Å². The zero-order chi connectivity index (χ0) is 9.35. The fourth-order valence-electron chi connectivity index (χ4n) is 0.759. The van der Waals surface area contributed by atoms with Crippen molar-refractivity contribution >= 4 is 46.8 Å². The molecule has 4 N–H and O–H groups in total. The van der Waals surface area contributed by atoms with Crippen molar-refractivity contribution in [2.45, 2.75) is 0 Å². The van der Waals surface area contributed by atoms with Gasteiger partial charge in [-0.05, 0) is 0 Å². The second kappa shape index (κ2) is 3.41. The van der Waals surface area contributed by atoms with Crippen molar-refractivity contribution in [2.24, 2.45) is 0 Å². The summed E-state index contributed by atoms with van der Waals surface area (Å²) in [6.45, 7) is 0. The SMILES string of the molecule is Nc1ccc([As](=O)(O)O)c(I)c1. The summed E-state index contributed by atoms with van der Waals surface area (Å²) in [5, 5.41) is 0. The fraction of sp³-hybridized carbons (Fsp3) is 0. The van der Waals surface area contributed by atoms with Crippen LogP contribution in [0.5, 0.6) is 0 Å². The second-order valence-electron chi connectivity index (χ2n) is 2.25. The van der Waals surface area contributed by atoms with E-state index in [9.17, 15) is 3.74 Å². The van der Waals surface area contributed by atoms with E-state index in [1.54, 1.807) is 0 Å². The van der Waals surface area contributed by atoms with Crippen LogP contribution in [0.2, 0.25) is 0 Å². The van der Waals surface area contributed by atoms with Crippen molar-refractivity contribution in [3.8, 4) is 0 Å². The first kappa shape index (κ1) is 10.1. The molecule has 1 aromatic rings. The molecule has 66 valence electrons. The maximum atomic E-state index is 10.9. The van der Waals surface area contributed by atoms with Gasteiger partial charge in [0.1, 0.15) is 0 Å². The summed E-state index contributed by atoms with van der Waals surface area (Å²) < 4.78 is 29.2. The van der Waals surface area contributed by atoms with Crippen LogP contribution in [-0.4, -0.2) is 22.4 Å². The first-order chi connectivity index (χ1) is 5.41. The molecule has 0 aliphatic rings. The standard InChI is InChI=1S/C6H7AsINO3/c8-6-3-4(9)1-2-5(6)7(10,11)12/h1-3H,9H2,(H2,10,11,12). The van der Waals surface area contributed by atoms with Crippen LogP contribution in [-0.2, 0) is 3.74 Å². The molecule has 0 aliphatic carbocycles. The number of nitrogen functional groups attached to an aromatic ring is 1. The van der Waals surface area contributed by atoms with Gasteiger partial charge in [0.25, 0.3) is 0 Å². The molecule has 0 saturated carbocycles. The quantitative estimate of drug-likeness (QED) is 0.363. The van der Waals surface area contributed by atoms with Crippen molar-refractivity contribution in [3.63, 3.8) is 0 Å². The van der Waals surface area contributed by atoms with Crippen molar-refractivity contribution in [1.82, 2.24) is 0 Å². The van der Waals surface area contributed by atoms with Gasteiger partial charge in [-0.25, -0.2) is 0 Å². The predicted octanol–water partition coefficient (Wildman–Crippen LogP) is -0.566. The zero-order valence-corrected chi connectivity index (χ0v) is 9.97. The van der Waals surface area contributed by atoms with E-state index in [-0.39, 0.29) is 4.35 Å². The molecule has 0 amide bonds. The second-order valence-corrected chi connectivity index (χ2v) is 6.71. The van der Waals surface area contributed by atoms with Crippen molar-refractivity contribution in [3.05, 3.63) is 21.8 Å². The molecule has 0 heterocycles. The van der Waals surface area contributed by atoms with E-state index in [1.165, 1.54) is 18.2 Å². The van der Waals surface area contributed by atoms with Crippen LogP contribution in [0, 0.1) is 3.57 Å². The maximum absolute atomic E-state index is 10.9. The molecule has 12 heavy (non-hydrogen) atoms. The van der Waals surface area contributed by atoms with Crippen LogP contribution in [0.25, 0.3) is 0 Å². The molecule has 0 bridgehead atoms. The molecule has 0 unspecified atom stereocenters. The predicted molar refractivity (Wildman–Crippen MR) is 54.1 cm³/mol. The Morgan fingerprint density at radius 1 is 1.42 bits per heavy atom. The summed E-state index contributed by atoms with van der Waals surface area (Å²) in [6.07, 6.45) is 0. The van der Waals surface area contributed by atoms with Crippen LogP contribution in [0.1, 0.15) is 0 Å². The number of hydrogen-bond donors (Lipinski definition) is 3. The van der Waals surface area contributed by atoms with E-state index in [4.69, 9.17) is 13.9 Å². The van der Waals surface area contributed by atoms with Gasteiger partial charge in [-0.15, -0.1) is 0 Å². The third-order valence-electron chi connectivity index (χ3n) is 1.29. The minimum atomic E-state index is -4.74. The van der Waals surface area contributed by atoms with Crippen molar-refractivity contribution in [2.75, 3.05) is 5.73 Å². The number of benzene rings is 1. The molecule has 0 aliphatic heterocycles. The van der Waals surface area contributed by atoms with Crippen LogP contribution < -0.4 is 10.1 Å². The van der Waals surface area contributed by atoms with E-state index >= 15 is 0 Å². The summed E-state index contributed by atoms with van der Waals surface area (Å²) in [7, 11) is 0. The molecule has 1 aromatic carbocycles. The van der Waals surface area contributed by atoms with E-state index in [1.807, 2.05) is 22.6 Å². The Kier molecular flexibility index (Phi) is 2.88. The number of nitrogens with two attached hydrogens (primary N) is 1. The monoisotopic (exact) mass is 343 g/mol. The molecule has 0 spiro atoms. The molecule has 0 fully saturated rings. The fourth-order valence-corrected chi connectivity index (χ4v) is 4.21. The summed E-state index contributed by atoms with van der Waals surface area (Å²) in [4.78, 5) is 0. The van der Waals surface area contributed by atoms with Gasteiger partial charge in [0.2, 0.25) is 0 Å². The molecule has 0 saturated heterocycles. The van der Waals surface area contributed by atoms with Gasteiger partial charge in [0.05, 0.1) is 0 Å². The van der Waals surface area contributed by atoms with Gasteiger partial charge >= 0.3 is 86.2 Å². The summed E-state index contributed by atoms with van der Waals surface area (Å²) in [6, 6.07) is 4.39. The number of rotatable bonds is 1. The first-order valence-corrected chi connectivity index (χ1v) is 7.48. The van der Waals surface area contributed by atoms with E-state index < -0.39 is 14.2 Å². The third kappa shape index (κ3) is 2.26. The summed E-state index contributed by atoms with van der Waals surface area (Å²) in [5.74, 6) is 0. The number of halogens is 1. The van der Waals surface area contributed by atoms with Crippen LogP contribution in [0.4, 0.5) is 5.69 Å². The Morgan fingerprint density at radius 3 is 2.42 bits per heavy atom. The molecular formula is C6H7AsINO3. The van der Waals surface area contributed by atoms with Gasteiger partial charge in [0.15, 0.2) is 0 Å². The van der Waals surface area contributed by atoms with Crippen molar-refractivity contribution in [1.29, 1.82) is 0 Å². The molecule has 0 radical (unpaired) electrons. The molecule has 6 heteroatoms. The Morgan fingerprint density at radius 2 is 2.00 bits per heavy atom. The van der Waals surface area contributed by atoms with Gasteiger partial charge < -0.3 is 0 Å². The molecule has 4 nitrogen and oxygen atoms in total. The molecule has 1 rings (SSSR count). The summed E-state index contributed by atoms with van der Waals surface area (Å²) in [5.41, 5.74) is 5.93. The van der Waals surface area contributed by atoms with Crippen molar-refractivity contribution < 1.29 is 11.9 Å². The average Bonchev–Trinajstić information content (AvgIpc) is 1.83. The van der Waals surface area contributed by atoms with Gasteiger partial charge in [0, 0.05) is 0 Å². The molecule has 0 atom stereocenters. The normalized spacial score (nSPS) is 11.6. The van der Waals surface area contributed by atoms with Gasteiger partial charge in [-0.2, -0.15) is 0 Å². The van der Waals surface area contributed by atoms with E-state index in [0.717, 1.165) is 0 Å². The average molecular weight is 343 g/mol. The van der Waals surface area contributed by atoms with Gasteiger partial charge in [-0.1, -0.05) is 0 Å². The zero-order valence-electron chi connectivity index (χ0n) is 5.94.